The molecule has 0 spiro atoms. The minimum Gasteiger partial charge on any atom is -0.493 e. The lowest BCUT2D eigenvalue weighted by Crippen LogP contribution is -2.09. The van der Waals surface area contributed by atoms with Gasteiger partial charge in [-0.3, -0.25) is 4.79 Å². The smallest absolute Gasteiger partial charge is 0.168 e. The highest BCUT2D eigenvalue weighted by Gasteiger charge is 2.16. The third-order valence-corrected chi connectivity index (χ3v) is 2.60. The van der Waals surface area contributed by atoms with E-state index in [1.165, 1.54) is 0 Å². The van der Waals surface area contributed by atoms with Gasteiger partial charge in [-0.05, 0) is 18.2 Å². The predicted molar refractivity (Wildman–Crippen MR) is 60.2 cm³/mol. The minimum atomic E-state index is 0.300. The number of rotatable bonds is 2. The number of carbonyl (C=O) groups is 1. The van der Waals surface area contributed by atoms with Gasteiger partial charge in [-0.15, -0.1) is 0 Å². The van der Waals surface area contributed by atoms with Crippen LogP contribution in [0, 0.1) is 0 Å². The van der Waals surface area contributed by atoms with Gasteiger partial charge in [0.2, 0.25) is 0 Å². The molecule has 2 rings (SSSR count). The maximum Gasteiger partial charge on any atom is 0.168 e. The molecule has 0 N–H and O–H groups in total. The van der Waals surface area contributed by atoms with E-state index in [1.54, 1.807) is 13.2 Å². The standard InChI is InChI=1S/C11H9BrO3/c1-14-10-4-9(12)3-8-2-7(5-13)6-15-11(8)10/h2-5H,6H2,1H3. The van der Waals surface area contributed by atoms with Crippen LogP contribution < -0.4 is 9.47 Å². The molecular formula is C11H9BrO3. The molecule has 0 unspecified atom stereocenters. The summed E-state index contributed by atoms with van der Waals surface area (Å²) in [4.78, 5) is 10.6. The summed E-state index contributed by atoms with van der Waals surface area (Å²) in [6, 6.07) is 3.72. The SMILES string of the molecule is COc1cc(Br)cc2c1OCC(C=O)=C2. The first kappa shape index (κ1) is 10.2. The largest absolute Gasteiger partial charge is 0.493 e. The Bertz CT molecular complexity index is 438. The molecule has 3 nitrogen and oxygen atoms in total. The molecule has 0 bridgehead atoms. The fourth-order valence-corrected chi connectivity index (χ4v) is 1.92. The number of hydrogen-bond acceptors (Lipinski definition) is 3. The van der Waals surface area contributed by atoms with Gasteiger partial charge in [-0.2, -0.15) is 0 Å². The Balaban J connectivity index is 2.56. The lowest BCUT2D eigenvalue weighted by Gasteiger charge is -2.18. The van der Waals surface area contributed by atoms with Gasteiger partial charge in [0.05, 0.1) is 7.11 Å². The summed E-state index contributed by atoms with van der Waals surface area (Å²) in [5.74, 6) is 1.35. The van der Waals surface area contributed by atoms with Crippen molar-refractivity contribution in [2.24, 2.45) is 0 Å². The van der Waals surface area contributed by atoms with Gasteiger partial charge >= 0.3 is 0 Å². The highest BCUT2D eigenvalue weighted by molar-refractivity contribution is 9.10. The molecule has 0 atom stereocenters. The zero-order chi connectivity index (χ0) is 10.8. The maximum absolute atomic E-state index is 10.6. The molecule has 15 heavy (non-hydrogen) atoms. The van der Waals surface area contributed by atoms with Crippen LogP contribution in [0.4, 0.5) is 0 Å². The summed E-state index contributed by atoms with van der Waals surface area (Å²) in [5, 5.41) is 0. The molecule has 0 saturated heterocycles. The van der Waals surface area contributed by atoms with E-state index in [0.29, 0.717) is 23.7 Å². The molecule has 1 aliphatic heterocycles. The van der Waals surface area contributed by atoms with Crippen LogP contribution in [-0.2, 0) is 4.79 Å². The second-order valence-corrected chi connectivity index (χ2v) is 4.07. The fraction of sp³-hybridized carbons (Fsp3) is 0.182. The van der Waals surface area contributed by atoms with E-state index in [-0.39, 0.29) is 0 Å². The van der Waals surface area contributed by atoms with Crippen molar-refractivity contribution in [2.75, 3.05) is 13.7 Å². The van der Waals surface area contributed by atoms with Gasteiger partial charge < -0.3 is 9.47 Å². The molecule has 1 aliphatic rings. The van der Waals surface area contributed by atoms with Crippen LogP contribution in [0.2, 0.25) is 0 Å². The van der Waals surface area contributed by atoms with Crippen molar-refractivity contribution in [1.29, 1.82) is 0 Å². The number of carbonyl (C=O) groups excluding carboxylic acids is 1. The Labute approximate surface area is 95.8 Å². The van der Waals surface area contributed by atoms with Crippen LogP contribution >= 0.6 is 15.9 Å². The summed E-state index contributed by atoms with van der Waals surface area (Å²) >= 11 is 3.37. The third-order valence-electron chi connectivity index (χ3n) is 2.14. The van der Waals surface area contributed by atoms with Crippen molar-refractivity contribution in [3.63, 3.8) is 0 Å². The zero-order valence-corrected chi connectivity index (χ0v) is 9.71. The number of methoxy groups -OCH3 is 1. The number of fused-ring (bicyclic) bond motifs is 1. The molecule has 4 heteroatoms. The lowest BCUT2D eigenvalue weighted by molar-refractivity contribution is -0.105. The van der Waals surface area contributed by atoms with Crippen molar-refractivity contribution >= 4 is 28.3 Å². The second-order valence-electron chi connectivity index (χ2n) is 3.15. The van der Waals surface area contributed by atoms with Crippen molar-refractivity contribution in [2.45, 2.75) is 0 Å². The van der Waals surface area contributed by atoms with E-state index in [0.717, 1.165) is 16.3 Å². The Morgan fingerprint density at radius 1 is 1.53 bits per heavy atom. The quantitative estimate of drug-likeness (QED) is 0.773. The van der Waals surface area contributed by atoms with Crippen LogP contribution in [0.25, 0.3) is 6.08 Å². The molecule has 0 saturated carbocycles. The average molecular weight is 269 g/mol. The number of halogens is 1. The molecule has 0 aliphatic carbocycles. The van der Waals surface area contributed by atoms with Crippen LogP contribution in [-0.4, -0.2) is 20.0 Å². The van der Waals surface area contributed by atoms with Crippen molar-refractivity contribution in [1.82, 2.24) is 0 Å². The molecule has 0 aromatic heterocycles. The predicted octanol–water partition coefficient (Wildman–Crippen LogP) is 2.43. The normalized spacial score (nSPS) is 13.6. The topological polar surface area (TPSA) is 35.5 Å². The fourth-order valence-electron chi connectivity index (χ4n) is 1.47. The van der Waals surface area contributed by atoms with Crippen LogP contribution in [0.1, 0.15) is 5.56 Å². The number of ether oxygens (including phenoxy) is 2. The highest BCUT2D eigenvalue weighted by Crippen LogP contribution is 2.38. The summed E-state index contributed by atoms with van der Waals surface area (Å²) in [6.45, 7) is 0.300. The van der Waals surface area contributed by atoms with E-state index in [9.17, 15) is 4.79 Å². The van der Waals surface area contributed by atoms with Crippen molar-refractivity contribution in [3.05, 3.63) is 27.7 Å². The average Bonchev–Trinajstić information content (AvgIpc) is 2.26. The van der Waals surface area contributed by atoms with E-state index in [2.05, 4.69) is 15.9 Å². The molecule has 78 valence electrons. The summed E-state index contributed by atoms with van der Waals surface area (Å²) in [7, 11) is 1.59. The van der Waals surface area contributed by atoms with Gasteiger partial charge in [0.1, 0.15) is 12.9 Å². The van der Waals surface area contributed by atoms with Gasteiger partial charge in [0.15, 0.2) is 11.5 Å². The van der Waals surface area contributed by atoms with Gasteiger partial charge in [-0.1, -0.05) is 15.9 Å². The van der Waals surface area contributed by atoms with Crippen molar-refractivity contribution < 1.29 is 14.3 Å². The highest BCUT2D eigenvalue weighted by atomic mass is 79.9. The van der Waals surface area contributed by atoms with Gasteiger partial charge in [0, 0.05) is 15.6 Å². The first-order chi connectivity index (χ1) is 7.24. The van der Waals surface area contributed by atoms with Crippen LogP contribution in [0.3, 0.4) is 0 Å². The summed E-state index contributed by atoms with van der Waals surface area (Å²) < 4.78 is 11.5. The summed E-state index contributed by atoms with van der Waals surface area (Å²) in [6.07, 6.45) is 2.61. The molecular weight excluding hydrogens is 260 g/mol. The Kier molecular flexibility index (Phi) is 2.77. The summed E-state index contributed by atoms with van der Waals surface area (Å²) in [5.41, 5.74) is 1.48. The third kappa shape index (κ3) is 1.90. The molecule has 1 aromatic rings. The van der Waals surface area contributed by atoms with Gasteiger partial charge in [-0.25, -0.2) is 0 Å². The maximum atomic E-state index is 10.6. The number of benzene rings is 1. The Hall–Kier alpha value is -1.29. The Morgan fingerprint density at radius 3 is 3.00 bits per heavy atom. The lowest BCUT2D eigenvalue weighted by atomic mass is 10.1. The van der Waals surface area contributed by atoms with E-state index in [1.807, 2.05) is 12.1 Å². The monoisotopic (exact) mass is 268 g/mol. The second kappa shape index (κ2) is 4.06. The van der Waals surface area contributed by atoms with Gasteiger partial charge in [0.25, 0.3) is 0 Å². The Morgan fingerprint density at radius 2 is 2.33 bits per heavy atom. The van der Waals surface area contributed by atoms with Crippen molar-refractivity contribution in [3.8, 4) is 11.5 Å². The van der Waals surface area contributed by atoms with E-state index in [4.69, 9.17) is 9.47 Å². The first-order valence-corrected chi connectivity index (χ1v) is 5.20. The number of aldehydes is 1. The van der Waals surface area contributed by atoms with E-state index < -0.39 is 0 Å². The molecule has 1 heterocycles. The molecule has 0 fully saturated rings. The minimum absolute atomic E-state index is 0.300. The molecule has 0 amide bonds. The number of hydrogen-bond donors (Lipinski definition) is 0. The first-order valence-electron chi connectivity index (χ1n) is 4.40. The molecule has 1 aromatic carbocycles. The molecule has 0 radical (unpaired) electrons. The zero-order valence-electron chi connectivity index (χ0n) is 8.12. The van der Waals surface area contributed by atoms with Crippen LogP contribution in [0.15, 0.2) is 22.2 Å². The van der Waals surface area contributed by atoms with Crippen LogP contribution in [0.5, 0.6) is 11.5 Å². The van der Waals surface area contributed by atoms with E-state index >= 15 is 0 Å².